The third kappa shape index (κ3) is 42.7. The second kappa shape index (κ2) is 46.8. The first-order chi connectivity index (χ1) is 27.5. The largest absolute Gasteiger partial charge is 0.394 e. The van der Waals surface area contributed by atoms with Crippen LogP contribution in [0.2, 0.25) is 0 Å². The molecule has 334 valence electrons. The van der Waals surface area contributed by atoms with Crippen molar-refractivity contribution in [2.24, 2.45) is 0 Å². The van der Waals surface area contributed by atoms with Gasteiger partial charge in [-0.05, 0) is 19.3 Å². The van der Waals surface area contributed by atoms with E-state index in [0.717, 1.165) is 25.7 Å². The summed E-state index contributed by atoms with van der Waals surface area (Å²) in [6.07, 6.45) is 56.6. The summed E-state index contributed by atoms with van der Waals surface area (Å²) in [6.45, 7) is 4.25. The van der Waals surface area contributed by atoms with E-state index in [2.05, 4.69) is 19.2 Å². The summed E-state index contributed by atoms with van der Waals surface area (Å²) in [4.78, 5) is 12.5. The second-order valence-electron chi connectivity index (χ2n) is 17.8. The average Bonchev–Trinajstić information content (AvgIpc) is 3.19. The van der Waals surface area contributed by atoms with Crippen LogP contribution >= 0.6 is 0 Å². The van der Waals surface area contributed by atoms with Crippen molar-refractivity contribution in [1.82, 2.24) is 5.32 Å². The maximum absolute atomic E-state index is 12.5. The van der Waals surface area contributed by atoms with Gasteiger partial charge in [0.25, 0.3) is 0 Å². The first kappa shape index (κ1) is 55.1. The number of allylic oxidation sites excluding steroid dienone is 1. The van der Waals surface area contributed by atoms with E-state index in [1.165, 1.54) is 231 Å². The van der Waals surface area contributed by atoms with Crippen LogP contribution in [-0.2, 0) is 4.79 Å². The lowest BCUT2D eigenvalue weighted by atomic mass is 10.0. The van der Waals surface area contributed by atoms with Crippen LogP contribution in [-0.4, -0.2) is 46.1 Å². The van der Waals surface area contributed by atoms with Crippen LogP contribution in [0.15, 0.2) is 12.2 Å². The Morgan fingerprint density at radius 3 is 1.04 bits per heavy atom. The lowest BCUT2D eigenvalue weighted by molar-refractivity contribution is -0.124. The van der Waals surface area contributed by atoms with Crippen molar-refractivity contribution in [1.29, 1.82) is 0 Å². The van der Waals surface area contributed by atoms with Crippen LogP contribution in [0.25, 0.3) is 0 Å². The third-order valence-electron chi connectivity index (χ3n) is 12.1. The highest BCUT2D eigenvalue weighted by molar-refractivity contribution is 5.76. The van der Waals surface area contributed by atoms with Gasteiger partial charge in [-0.25, -0.2) is 0 Å². The summed E-state index contributed by atoms with van der Waals surface area (Å²) < 4.78 is 0. The highest BCUT2D eigenvalue weighted by atomic mass is 16.3. The molecule has 0 aromatic heterocycles. The van der Waals surface area contributed by atoms with Gasteiger partial charge in [-0.2, -0.15) is 0 Å². The van der Waals surface area contributed by atoms with Gasteiger partial charge in [-0.15, -0.1) is 0 Å². The van der Waals surface area contributed by atoms with Crippen LogP contribution in [0.5, 0.6) is 0 Å². The highest BCUT2D eigenvalue weighted by Gasteiger charge is 2.20. The molecule has 5 heteroatoms. The highest BCUT2D eigenvalue weighted by Crippen LogP contribution is 2.17. The van der Waals surface area contributed by atoms with E-state index in [-0.39, 0.29) is 18.9 Å². The fraction of sp³-hybridized carbons (Fsp3) is 0.941. The zero-order valence-electron chi connectivity index (χ0n) is 38.0. The van der Waals surface area contributed by atoms with Crippen molar-refractivity contribution in [3.8, 4) is 0 Å². The van der Waals surface area contributed by atoms with E-state index in [0.29, 0.717) is 6.42 Å². The Labute approximate surface area is 350 Å². The van der Waals surface area contributed by atoms with Crippen LogP contribution in [0.1, 0.15) is 284 Å². The Morgan fingerprint density at radius 1 is 0.446 bits per heavy atom. The molecule has 0 aliphatic rings. The van der Waals surface area contributed by atoms with E-state index >= 15 is 0 Å². The summed E-state index contributed by atoms with van der Waals surface area (Å²) in [7, 11) is 0. The van der Waals surface area contributed by atoms with E-state index in [1.54, 1.807) is 6.08 Å². The second-order valence-corrected chi connectivity index (χ2v) is 17.8. The maximum atomic E-state index is 12.5. The van der Waals surface area contributed by atoms with Gasteiger partial charge < -0.3 is 20.6 Å². The number of carbonyl (C=O) groups excluding carboxylic acids is 1. The molecular weight excluding hydrogens is 691 g/mol. The Morgan fingerprint density at radius 2 is 0.732 bits per heavy atom. The number of amides is 1. The standard InChI is InChI=1S/C51H101NO4/c1-3-5-7-9-11-13-15-17-19-21-23-24-25-26-27-28-30-32-34-36-38-40-42-44-48(54)46-51(56)52-49(47-53)50(55)45-43-41-39-37-35-33-31-29-22-20-18-16-14-12-10-8-6-4-2/h43,45,48-50,53-55H,3-42,44,46-47H2,1-2H3,(H,52,56)/b45-43+. The maximum Gasteiger partial charge on any atom is 0.222 e. The molecule has 56 heavy (non-hydrogen) atoms. The Hall–Kier alpha value is -0.910. The van der Waals surface area contributed by atoms with Gasteiger partial charge in [-0.3, -0.25) is 4.79 Å². The molecule has 0 fully saturated rings. The Kier molecular flexibility index (Phi) is 46.0. The van der Waals surface area contributed by atoms with Crippen LogP contribution < -0.4 is 5.32 Å². The molecular formula is C51H101NO4. The number of rotatable bonds is 47. The molecule has 0 aromatic carbocycles. The zero-order chi connectivity index (χ0) is 40.8. The molecule has 0 aliphatic heterocycles. The lowest BCUT2D eigenvalue weighted by Gasteiger charge is -2.21. The van der Waals surface area contributed by atoms with E-state index in [4.69, 9.17) is 0 Å². The van der Waals surface area contributed by atoms with Crippen LogP contribution in [0.3, 0.4) is 0 Å². The molecule has 0 heterocycles. The molecule has 0 aliphatic carbocycles. The van der Waals surface area contributed by atoms with Gasteiger partial charge in [-0.1, -0.05) is 270 Å². The molecule has 5 nitrogen and oxygen atoms in total. The van der Waals surface area contributed by atoms with Crippen molar-refractivity contribution < 1.29 is 20.1 Å². The topological polar surface area (TPSA) is 89.8 Å². The van der Waals surface area contributed by atoms with Gasteiger partial charge in [0, 0.05) is 0 Å². The molecule has 1 amide bonds. The first-order valence-corrected chi connectivity index (χ1v) is 25.5. The predicted octanol–water partition coefficient (Wildman–Crippen LogP) is 15.2. The molecule has 3 unspecified atom stereocenters. The summed E-state index contributed by atoms with van der Waals surface area (Å²) in [5.41, 5.74) is 0. The zero-order valence-corrected chi connectivity index (χ0v) is 38.0. The number of carbonyl (C=O) groups is 1. The fourth-order valence-corrected chi connectivity index (χ4v) is 8.17. The fourth-order valence-electron chi connectivity index (χ4n) is 8.17. The molecule has 0 aromatic rings. The minimum Gasteiger partial charge on any atom is -0.394 e. The van der Waals surface area contributed by atoms with Gasteiger partial charge in [0.15, 0.2) is 0 Å². The minimum atomic E-state index is -0.925. The summed E-state index contributed by atoms with van der Waals surface area (Å²) in [5.74, 6) is -0.309. The molecule has 3 atom stereocenters. The van der Waals surface area contributed by atoms with Gasteiger partial charge in [0.1, 0.15) is 0 Å². The molecule has 0 spiro atoms. The predicted molar refractivity (Wildman–Crippen MR) is 245 cm³/mol. The van der Waals surface area contributed by atoms with Crippen LogP contribution in [0.4, 0.5) is 0 Å². The molecule has 0 saturated carbocycles. The average molecular weight is 792 g/mol. The number of nitrogens with one attached hydrogen (secondary N) is 1. The quantitative estimate of drug-likeness (QED) is 0.0365. The van der Waals surface area contributed by atoms with E-state index < -0.39 is 18.2 Å². The summed E-state index contributed by atoms with van der Waals surface area (Å²) in [6, 6.07) is -0.740. The monoisotopic (exact) mass is 792 g/mol. The molecule has 0 rings (SSSR count). The summed E-state index contributed by atoms with van der Waals surface area (Å²) in [5, 5.41) is 33.4. The summed E-state index contributed by atoms with van der Waals surface area (Å²) >= 11 is 0. The third-order valence-corrected chi connectivity index (χ3v) is 12.1. The lowest BCUT2D eigenvalue weighted by Crippen LogP contribution is -2.45. The number of hydrogen-bond acceptors (Lipinski definition) is 4. The van der Waals surface area contributed by atoms with Crippen molar-refractivity contribution >= 4 is 5.91 Å². The van der Waals surface area contributed by atoms with Gasteiger partial charge >= 0.3 is 0 Å². The minimum absolute atomic E-state index is 0.0193. The smallest absolute Gasteiger partial charge is 0.222 e. The Balaban J connectivity index is 3.56. The number of aliphatic hydroxyl groups excluding tert-OH is 3. The normalized spacial score (nSPS) is 13.4. The van der Waals surface area contributed by atoms with Crippen molar-refractivity contribution in [3.63, 3.8) is 0 Å². The number of aliphatic hydroxyl groups is 3. The SMILES string of the molecule is CCCCCCCCCCCCCCCCCC/C=C/C(O)C(CO)NC(=O)CC(O)CCCCCCCCCCCCCCCCCCCCCCCCC. The van der Waals surface area contributed by atoms with Gasteiger partial charge in [0.05, 0.1) is 31.3 Å². The molecule has 0 saturated heterocycles. The molecule has 0 radical (unpaired) electrons. The van der Waals surface area contributed by atoms with E-state index in [1.807, 2.05) is 6.08 Å². The Bertz CT molecular complexity index is 788. The molecule has 0 bridgehead atoms. The van der Waals surface area contributed by atoms with Crippen LogP contribution in [0, 0.1) is 0 Å². The first-order valence-electron chi connectivity index (χ1n) is 25.5. The van der Waals surface area contributed by atoms with Crippen molar-refractivity contribution in [2.45, 2.75) is 302 Å². The van der Waals surface area contributed by atoms with Crippen molar-refractivity contribution in [3.05, 3.63) is 12.2 Å². The van der Waals surface area contributed by atoms with Gasteiger partial charge in [0.2, 0.25) is 5.91 Å². The van der Waals surface area contributed by atoms with Crippen molar-refractivity contribution in [2.75, 3.05) is 6.61 Å². The number of hydrogen-bond donors (Lipinski definition) is 4. The number of unbranched alkanes of at least 4 members (excludes halogenated alkanes) is 38. The molecule has 4 N–H and O–H groups in total. The van der Waals surface area contributed by atoms with E-state index in [9.17, 15) is 20.1 Å².